The summed E-state index contributed by atoms with van der Waals surface area (Å²) in [5.41, 5.74) is 5.50. The lowest BCUT2D eigenvalue weighted by Gasteiger charge is -2.05. The van der Waals surface area contributed by atoms with Gasteiger partial charge in [0.25, 0.3) is 5.69 Å². The van der Waals surface area contributed by atoms with Gasteiger partial charge in [0.15, 0.2) is 0 Å². The third-order valence-corrected chi connectivity index (χ3v) is 2.13. The molecular formula is C9H6ClN2O2. The van der Waals surface area contributed by atoms with Crippen LogP contribution in [0.25, 0.3) is 0 Å². The van der Waals surface area contributed by atoms with Gasteiger partial charge in [0, 0.05) is 6.07 Å². The van der Waals surface area contributed by atoms with E-state index in [0.717, 1.165) is 0 Å². The van der Waals surface area contributed by atoms with E-state index in [0.29, 0.717) is 5.56 Å². The Hall–Kier alpha value is -1.73. The Bertz CT molecular complexity index is 449. The first-order chi connectivity index (χ1) is 6.49. The van der Waals surface area contributed by atoms with E-state index in [9.17, 15) is 10.1 Å². The van der Waals surface area contributed by atoms with Crippen molar-refractivity contribution in [3.05, 3.63) is 39.3 Å². The number of rotatable bonds is 1. The Labute approximate surface area is 85.8 Å². The lowest BCUT2D eigenvalue weighted by atomic mass is 10.1. The molecule has 0 saturated carbocycles. The van der Waals surface area contributed by atoms with Crippen LogP contribution < -0.4 is 5.73 Å². The predicted molar refractivity (Wildman–Crippen MR) is 54.9 cm³/mol. The minimum atomic E-state index is -0.624. The fourth-order valence-electron chi connectivity index (χ4n) is 1.01. The van der Waals surface area contributed by atoms with Crippen LogP contribution >= 0.6 is 11.6 Å². The largest absolute Gasteiger partial charge is 0.392 e. The van der Waals surface area contributed by atoms with Crippen molar-refractivity contribution in [3.8, 4) is 12.3 Å². The van der Waals surface area contributed by atoms with Crippen molar-refractivity contribution in [2.45, 2.75) is 0 Å². The maximum atomic E-state index is 10.5. The molecule has 0 amide bonds. The number of nitro groups is 1. The Morgan fingerprint density at radius 2 is 2.29 bits per heavy atom. The van der Waals surface area contributed by atoms with Gasteiger partial charge in [0.2, 0.25) is 0 Å². The lowest BCUT2D eigenvalue weighted by Crippen LogP contribution is -2.00. The zero-order valence-electron chi connectivity index (χ0n) is 7.08. The normalized spacial score (nSPS) is 9.50. The number of terminal acetylenes is 1. The molecule has 0 heterocycles. The number of hydrogen-bond donors (Lipinski definition) is 1. The summed E-state index contributed by atoms with van der Waals surface area (Å²) in [5.74, 6) is 2.20. The van der Waals surface area contributed by atoms with Crippen molar-refractivity contribution in [2.75, 3.05) is 5.73 Å². The summed E-state index contributed by atoms with van der Waals surface area (Å²) in [6, 6.07) is 1.19. The van der Waals surface area contributed by atoms with E-state index in [1.165, 1.54) is 6.07 Å². The van der Waals surface area contributed by atoms with Crippen LogP contribution in [-0.4, -0.2) is 4.92 Å². The van der Waals surface area contributed by atoms with Crippen molar-refractivity contribution >= 4 is 23.0 Å². The van der Waals surface area contributed by atoms with Gasteiger partial charge in [-0.15, -0.1) is 6.42 Å². The van der Waals surface area contributed by atoms with Crippen molar-refractivity contribution in [2.24, 2.45) is 0 Å². The van der Waals surface area contributed by atoms with Crippen molar-refractivity contribution < 1.29 is 4.92 Å². The highest BCUT2D eigenvalue weighted by Gasteiger charge is 2.18. The second-order valence-electron chi connectivity index (χ2n) is 2.56. The molecule has 0 unspecified atom stereocenters. The second-order valence-corrected chi connectivity index (χ2v) is 2.94. The van der Waals surface area contributed by atoms with Crippen LogP contribution in [0.4, 0.5) is 11.4 Å². The molecule has 1 radical (unpaired) electrons. The molecular weight excluding hydrogens is 204 g/mol. The zero-order valence-corrected chi connectivity index (χ0v) is 7.84. The van der Waals surface area contributed by atoms with Gasteiger partial charge in [-0.2, -0.15) is 0 Å². The molecule has 71 valence electrons. The third kappa shape index (κ3) is 1.50. The van der Waals surface area contributed by atoms with Gasteiger partial charge in [-0.1, -0.05) is 17.5 Å². The van der Waals surface area contributed by atoms with Crippen LogP contribution in [0.5, 0.6) is 0 Å². The monoisotopic (exact) mass is 209 g/mol. The molecule has 0 saturated heterocycles. The molecule has 0 fully saturated rings. The molecule has 4 nitrogen and oxygen atoms in total. The topological polar surface area (TPSA) is 69.2 Å². The van der Waals surface area contributed by atoms with Crippen molar-refractivity contribution in [3.63, 3.8) is 0 Å². The first-order valence-corrected chi connectivity index (χ1v) is 3.91. The zero-order chi connectivity index (χ0) is 10.9. The molecule has 1 rings (SSSR count). The highest BCUT2D eigenvalue weighted by atomic mass is 35.5. The molecule has 0 aliphatic carbocycles. The number of nitrogens with two attached hydrogens (primary N) is 1. The van der Waals surface area contributed by atoms with E-state index >= 15 is 0 Å². The second kappa shape index (κ2) is 3.56. The minimum Gasteiger partial charge on any atom is -0.392 e. The van der Waals surface area contributed by atoms with Crippen LogP contribution in [0.1, 0.15) is 11.1 Å². The lowest BCUT2D eigenvalue weighted by molar-refractivity contribution is -0.383. The average Bonchev–Trinajstić information content (AvgIpc) is 2.12. The summed E-state index contributed by atoms with van der Waals surface area (Å²) in [6.07, 6.45) is 5.12. The Balaban J connectivity index is 3.61. The third-order valence-electron chi connectivity index (χ3n) is 1.70. The summed E-state index contributed by atoms with van der Waals surface area (Å²) < 4.78 is 0. The number of nitro benzene ring substituents is 1. The van der Waals surface area contributed by atoms with Crippen LogP contribution in [0.15, 0.2) is 6.07 Å². The van der Waals surface area contributed by atoms with Gasteiger partial charge in [-0.3, -0.25) is 10.1 Å². The number of halogens is 1. The van der Waals surface area contributed by atoms with E-state index in [1.807, 2.05) is 0 Å². The predicted octanol–water partition coefficient (Wildman–Crippen LogP) is 1.99. The molecule has 14 heavy (non-hydrogen) atoms. The molecule has 0 atom stereocenters. The molecule has 2 N–H and O–H groups in total. The van der Waals surface area contributed by atoms with E-state index in [4.69, 9.17) is 23.8 Å². The van der Waals surface area contributed by atoms with Crippen LogP contribution in [-0.2, 0) is 0 Å². The summed E-state index contributed by atoms with van der Waals surface area (Å²) >= 11 is 5.77. The van der Waals surface area contributed by atoms with Crippen LogP contribution in [0.2, 0.25) is 5.02 Å². The molecule has 1 aromatic rings. The van der Waals surface area contributed by atoms with Gasteiger partial charge in [-0.05, 0) is 12.5 Å². The molecule has 1 aromatic carbocycles. The number of benzene rings is 1. The standard InChI is InChI=1S/C9H6ClN2O2/c1-3-6-8(10)5(2)4-7(9(6)11)12(13)14/h1,4H,2,11H2. The van der Waals surface area contributed by atoms with Gasteiger partial charge in [-0.25, -0.2) is 0 Å². The molecule has 0 aliphatic rings. The first-order valence-electron chi connectivity index (χ1n) is 3.54. The number of nitrogens with zero attached hydrogens (tertiary/aromatic N) is 1. The van der Waals surface area contributed by atoms with Gasteiger partial charge < -0.3 is 5.73 Å². The van der Waals surface area contributed by atoms with E-state index in [-0.39, 0.29) is 22.0 Å². The maximum Gasteiger partial charge on any atom is 0.293 e. The van der Waals surface area contributed by atoms with Gasteiger partial charge >= 0.3 is 0 Å². The summed E-state index contributed by atoms with van der Waals surface area (Å²) in [6.45, 7) is 3.53. The highest BCUT2D eigenvalue weighted by Crippen LogP contribution is 2.33. The maximum absolute atomic E-state index is 10.5. The van der Waals surface area contributed by atoms with Crippen molar-refractivity contribution in [1.82, 2.24) is 0 Å². The summed E-state index contributed by atoms with van der Waals surface area (Å²) in [7, 11) is 0. The summed E-state index contributed by atoms with van der Waals surface area (Å²) in [4.78, 5) is 9.92. The smallest absolute Gasteiger partial charge is 0.293 e. The van der Waals surface area contributed by atoms with Gasteiger partial charge in [0.1, 0.15) is 5.69 Å². The highest BCUT2D eigenvalue weighted by molar-refractivity contribution is 6.33. The van der Waals surface area contributed by atoms with E-state index in [1.54, 1.807) is 0 Å². The number of anilines is 1. The first kappa shape index (κ1) is 10.4. The fraction of sp³-hybridized carbons (Fsp3) is 0. The molecule has 5 heteroatoms. The Morgan fingerprint density at radius 1 is 1.71 bits per heavy atom. The Morgan fingerprint density at radius 3 is 2.71 bits per heavy atom. The van der Waals surface area contributed by atoms with Gasteiger partial charge in [0.05, 0.1) is 15.5 Å². The number of nitrogen functional groups attached to an aromatic ring is 1. The Kier molecular flexibility index (Phi) is 2.63. The molecule has 0 aromatic heterocycles. The quantitative estimate of drug-likeness (QED) is 0.333. The van der Waals surface area contributed by atoms with Crippen LogP contribution in [0, 0.1) is 29.4 Å². The molecule has 0 spiro atoms. The fourth-order valence-corrected chi connectivity index (χ4v) is 1.22. The van der Waals surface area contributed by atoms with Crippen molar-refractivity contribution in [1.29, 1.82) is 0 Å². The SMILES string of the molecule is C#Cc1c(N)c([N+](=O)[O-])cc([CH2])c1Cl. The number of hydrogen-bond acceptors (Lipinski definition) is 3. The minimum absolute atomic E-state index is 0.102. The molecule has 0 aliphatic heterocycles. The molecule has 0 bridgehead atoms. The van der Waals surface area contributed by atoms with E-state index in [2.05, 4.69) is 12.8 Å². The van der Waals surface area contributed by atoms with E-state index < -0.39 is 4.92 Å². The summed E-state index contributed by atoms with van der Waals surface area (Å²) in [5, 5.41) is 10.7. The van der Waals surface area contributed by atoms with Crippen LogP contribution in [0.3, 0.4) is 0 Å². The average molecular weight is 210 g/mol.